The molecule has 3 aliphatic rings. The minimum Gasteiger partial charge on any atom is -0.395 e. The normalized spacial score (nSPS) is 35.3. The molecule has 1 aliphatic heterocycles. The maximum atomic E-state index is 12.7. The Balaban J connectivity index is 1.67. The highest BCUT2D eigenvalue weighted by atomic mass is 16.3. The largest absolute Gasteiger partial charge is 0.395 e. The van der Waals surface area contributed by atoms with Crippen LogP contribution in [0.4, 0.5) is 0 Å². The zero-order chi connectivity index (χ0) is 12.5. The van der Waals surface area contributed by atoms with Crippen LogP contribution in [0.25, 0.3) is 0 Å². The Morgan fingerprint density at radius 2 is 2.00 bits per heavy atom. The number of aliphatic hydroxyl groups excluding tert-OH is 1. The summed E-state index contributed by atoms with van der Waals surface area (Å²) in [5, 5.41) is 12.6. The van der Waals surface area contributed by atoms with Crippen molar-refractivity contribution in [1.82, 2.24) is 10.2 Å². The average Bonchev–Trinajstić information content (AvgIpc) is 2.86. The lowest BCUT2D eigenvalue weighted by Gasteiger charge is -2.39. The molecule has 0 aromatic heterocycles. The van der Waals surface area contributed by atoms with Crippen LogP contribution in [0.15, 0.2) is 0 Å². The zero-order valence-electron chi connectivity index (χ0n) is 11.0. The summed E-state index contributed by atoms with van der Waals surface area (Å²) in [5.41, 5.74) is 0. The quantitative estimate of drug-likeness (QED) is 0.776. The molecule has 0 radical (unpaired) electrons. The first-order valence-corrected chi connectivity index (χ1v) is 7.46. The topological polar surface area (TPSA) is 52.6 Å². The fourth-order valence-corrected chi connectivity index (χ4v) is 3.92. The highest BCUT2D eigenvalue weighted by Gasteiger charge is 2.45. The van der Waals surface area contributed by atoms with Gasteiger partial charge in [0, 0.05) is 12.6 Å². The molecule has 3 unspecified atom stereocenters. The van der Waals surface area contributed by atoms with Crippen molar-refractivity contribution in [1.29, 1.82) is 0 Å². The standard InChI is InChI=1S/C14H24N2O2/c17-8-7-16(11-4-2-5-11)14(18)13-12-6-1-3-10(12)9-15-13/h10-13,15,17H,1-9H2. The number of aliphatic hydroxyl groups is 1. The van der Waals surface area contributed by atoms with E-state index in [1.54, 1.807) is 0 Å². The molecule has 2 N–H and O–H groups in total. The summed E-state index contributed by atoms with van der Waals surface area (Å²) in [6.07, 6.45) is 7.23. The number of amides is 1. The van der Waals surface area contributed by atoms with Gasteiger partial charge in [-0.3, -0.25) is 4.79 Å². The summed E-state index contributed by atoms with van der Waals surface area (Å²) < 4.78 is 0. The Bertz CT molecular complexity index is 311. The fraction of sp³-hybridized carbons (Fsp3) is 0.929. The molecule has 1 heterocycles. The van der Waals surface area contributed by atoms with Gasteiger partial charge in [0.2, 0.25) is 5.91 Å². The van der Waals surface area contributed by atoms with Crippen molar-refractivity contribution in [2.24, 2.45) is 11.8 Å². The van der Waals surface area contributed by atoms with E-state index < -0.39 is 0 Å². The maximum absolute atomic E-state index is 12.7. The van der Waals surface area contributed by atoms with Crippen molar-refractivity contribution in [2.75, 3.05) is 19.7 Å². The highest BCUT2D eigenvalue weighted by molar-refractivity contribution is 5.83. The van der Waals surface area contributed by atoms with E-state index in [0.717, 1.165) is 25.3 Å². The summed E-state index contributed by atoms with van der Waals surface area (Å²) in [6, 6.07) is 0.427. The number of nitrogens with zero attached hydrogens (tertiary/aromatic N) is 1. The number of carbonyl (C=O) groups is 1. The molecule has 2 aliphatic carbocycles. The predicted molar refractivity (Wildman–Crippen MR) is 69.1 cm³/mol. The molecular weight excluding hydrogens is 228 g/mol. The second kappa shape index (κ2) is 5.17. The molecule has 0 aromatic carbocycles. The van der Waals surface area contributed by atoms with Gasteiger partial charge in [-0.25, -0.2) is 0 Å². The van der Waals surface area contributed by atoms with Crippen LogP contribution in [-0.4, -0.2) is 47.7 Å². The summed E-state index contributed by atoms with van der Waals surface area (Å²) in [4.78, 5) is 14.6. The van der Waals surface area contributed by atoms with Gasteiger partial charge >= 0.3 is 0 Å². The van der Waals surface area contributed by atoms with Crippen LogP contribution in [-0.2, 0) is 4.79 Å². The monoisotopic (exact) mass is 252 g/mol. The van der Waals surface area contributed by atoms with Crippen molar-refractivity contribution < 1.29 is 9.90 Å². The SMILES string of the molecule is O=C(C1NCC2CCCC21)N(CCO)C1CCC1. The van der Waals surface area contributed by atoms with Crippen LogP contribution in [0.1, 0.15) is 38.5 Å². The van der Waals surface area contributed by atoms with Crippen LogP contribution in [0.2, 0.25) is 0 Å². The van der Waals surface area contributed by atoms with Gasteiger partial charge < -0.3 is 15.3 Å². The van der Waals surface area contributed by atoms with Gasteiger partial charge in [-0.15, -0.1) is 0 Å². The Labute approximate surface area is 109 Å². The summed E-state index contributed by atoms with van der Waals surface area (Å²) in [6.45, 7) is 1.61. The molecule has 0 bridgehead atoms. The summed E-state index contributed by atoms with van der Waals surface area (Å²) >= 11 is 0. The van der Waals surface area contributed by atoms with E-state index in [0.29, 0.717) is 18.5 Å². The molecule has 18 heavy (non-hydrogen) atoms. The second-order valence-electron chi connectivity index (χ2n) is 6.08. The number of nitrogens with one attached hydrogen (secondary N) is 1. The predicted octanol–water partition coefficient (Wildman–Crippen LogP) is 0.748. The third-order valence-electron chi connectivity index (χ3n) is 5.15. The van der Waals surface area contributed by atoms with Crippen LogP contribution in [0, 0.1) is 11.8 Å². The third kappa shape index (κ3) is 2.05. The number of fused-ring (bicyclic) bond motifs is 1. The van der Waals surface area contributed by atoms with Gasteiger partial charge in [0.25, 0.3) is 0 Å². The molecule has 102 valence electrons. The smallest absolute Gasteiger partial charge is 0.240 e. The van der Waals surface area contributed by atoms with Gasteiger partial charge in [0.15, 0.2) is 0 Å². The molecule has 0 spiro atoms. The Hall–Kier alpha value is -0.610. The molecule has 0 aromatic rings. The van der Waals surface area contributed by atoms with Crippen LogP contribution in [0.5, 0.6) is 0 Å². The van der Waals surface area contributed by atoms with Crippen LogP contribution in [0.3, 0.4) is 0 Å². The van der Waals surface area contributed by atoms with E-state index in [1.807, 2.05) is 4.90 Å². The molecule has 3 fully saturated rings. The lowest BCUT2D eigenvalue weighted by Crippen LogP contribution is -2.53. The average molecular weight is 252 g/mol. The zero-order valence-corrected chi connectivity index (χ0v) is 11.0. The molecule has 2 saturated carbocycles. The molecule has 1 saturated heterocycles. The molecule has 1 amide bonds. The second-order valence-corrected chi connectivity index (χ2v) is 6.08. The van der Waals surface area contributed by atoms with Crippen LogP contribution < -0.4 is 5.32 Å². The Kier molecular flexibility index (Phi) is 3.57. The van der Waals surface area contributed by atoms with E-state index in [-0.39, 0.29) is 18.6 Å². The molecule has 4 nitrogen and oxygen atoms in total. The maximum Gasteiger partial charge on any atom is 0.240 e. The van der Waals surface area contributed by atoms with Gasteiger partial charge in [0.05, 0.1) is 12.6 Å². The molecular formula is C14H24N2O2. The van der Waals surface area contributed by atoms with Gasteiger partial charge in [-0.2, -0.15) is 0 Å². The number of hydrogen-bond donors (Lipinski definition) is 2. The van der Waals surface area contributed by atoms with Crippen molar-refractivity contribution >= 4 is 5.91 Å². The number of rotatable bonds is 4. The lowest BCUT2D eigenvalue weighted by molar-refractivity contribution is -0.139. The number of hydrogen-bond acceptors (Lipinski definition) is 3. The van der Waals surface area contributed by atoms with E-state index in [9.17, 15) is 9.90 Å². The third-order valence-corrected chi connectivity index (χ3v) is 5.15. The minimum atomic E-state index is 0.0321. The first-order chi connectivity index (χ1) is 8.81. The molecule has 3 atom stereocenters. The Morgan fingerprint density at radius 3 is 2.67 bits per heavy atom. The van der Waals surface area contributed by atoms with Crippen molar-refractivity contribution in [3.63, 3.8) is 0 Å². The first kappa shape index (κ1) is 12.4. The molecule has 3 rings (SSSR count). The van der Waals surface area contributed by atoms with E-state index in [1.165, 1.54) is 25.7 Å². The van der Waals surface area contributed by atoms with Gasteiger partial charge in [-0.1, -0.05) is 6.42 Å². The number of carbonyl (C=O) groups excluding carboxylic acids is 1. The van der Waals surface area contributed by atoms with Crippen molar-refractivity contribution in [3.8, 4) is 0 Å². The van der Waals surface area contributed by atoms with Crippen molar-refractivity contribution in [2.45, 2.75) is 50.6 Å². The fourth-order valence-electron chi connectivity index (χ4n) is 3.92. The van der Waals surface area contributed by atoms with Crippen LogP contribution >= 0.6 is 0 Å². The lowest BCUT2D eigenvalue weighted by atomic mass is 9.89. The molecule has 4 heteroatoms. The van der Waals surface area contributed by atoms with E-state index in [2.05, 4.69) is 5.32 Å². The van der Waals surface area contributed by atoms with Gasteiger partial charge in [0.1, 0.15) is 0 Å². The summed E-state index contributed by atoms with van der Waals surface area (Å²) in [7, 11) is 0. The first-order valence-electron chi connectivity index (χ1n) is 7.46. The Morgan fingerprint density at radius 1 is 1.22 bits per heavy atom. The van der Waals surface area contributed by atoms with Crippen molar-refractivity contribution in [3.05, 3.63) is 0 Å². The summed E-state index contributed by atoms with van der Waals surface area (Å²) in [5.74, 6) is 1.53. The minimum absolute atomic E-state index is 0.0321. The van der Waals surface area contributed by atoms with E-state index in [4.69, 9.17) is 0 Å². The van der Waals surface area contributed by atoms with Gasteiger partial charge in [-0.05, 0) is 50.5 Å². The highest BCUT2D eigenvalue weighted by Crippen LogP contribution is 2.39. The van der Waals surface area contributed by atoms with E-state index >= 15 is 0 Å².